The number of nitrogens with two attached hydrogens (primary N) is 1. The molecule has 1 saturated heterocycles. The van der Waals surface area contributed by atoms with Crippen LogP contribution in [0.1, 0.15) is 29.3 Å². The molecule has 2 atom stereocenters. The van der Waals surface area contributed by atoms with Crippen molar-refractivity contribution in [2.75, 3.05) is 20.2 Å². The first-order valence-electron chi connectivity index (χ1n) is 7.53. The van der Waals surface area contributed by atoms with Crippen LogP contribution in [0.25, 0.3) is 0 Å². The van der Waals surface area contributed by atoms with E-state index in [1.807, 2.05) is 0 Å². The molecule has 1 aromatic rings. The van der Waals surface area contributed by atoms with Crippen LogP contribution in [0.4, 0.5) is 13.2 Å². The second kappa shape index (κ2) is 6.93. The average Bonchev–Trinajstić information content (AvgIpc) is 3.03. The molecule has 6 nitrogen and oxygen atoms in total. The predicted molar refractivity (Wildman–Crippen MR) is 83.3 cm³/mol. The maximum atomic E-state index is 13.2. The maximum absolute atomic E-state index is 13.2. The minimum atomic E-state index is -4.89. The molecule has 25 heavy (non-hydrogen) atoms. The highest BCUT2D eigenvalue weighted by atomic mass is 32.2. The van der Waals surface area contributed by atoms with Crippen molar-refractivity contribution < 1.29 is 31.1 Å². The lowest BCUT2D eigenvalue weighted by molar-refractivity contribution is -0.138. The zero-order chi connectivity index (χ0) is 19.0. The summed E-state index contributed by atoms with van der Waals surface area (Å²) in [6.07, 6.45) is -4.35. The molecule has 1 heterocycles. The lowest BCUT2D eigenvalue weighted by Crippen LogP contribution is -2.33. The number of methoxy groups -OCH3 is 1. The van der Waals surface area contributed by atoms with Crippen molar-refractivity contribution in [2.45, 2.75) is 30.5 Å². The van der Waals surface area contributed by atoms with E-state index in [1.165, 1.54) is 0 Å². The molecule has 1 fully saturated rings. The fourth-order valence-electron chi connectivity index (χ4n) is 2.76. The van der Waals surface area contributed by atoms with E-state index in [0.717, 1.165) is 23.5 Å². The first-order chi connectivity index (χ1) is 11.5. The highest BCUT2D eigenvalue weighted by Gasteiger charge is 2.39. The summed E-state index contributed by atoms with van der Waals surface area (Å²) in [6.45, 7) is 2.10. The summed E-state index contributed by atoms with van der Waals surface area (Å²) in [5.74, 6) is -1.24. The quantitative estimate of drug-likeness (QED) is 0.806. The maximum Gasteiger partial charge on any atom is 0.417 e. The van der Waals surface area contributed by atoms with Gasteiger partial charge in [0.25, 0.3) is 0 Å². The number of alkyl halides is 3. The average molecular weight is 380 g/mol. The zero-order valence-corrected chi connectivity index (χ0v) is 14.5. The summed E-state index contributed by atoms with van der Waals surface area (Å²) in [6, 6.07) is 2.06. The number of esters is 1. The smallest absolute Gasteiger partial charge is 0.417 e. The number of halogens is 3. The van der Waals surface area contributed by atoms with Crippen LogP contribution in [0.5, 0.6) is 0 Å². The van der Waals surface area contributed by atoms with Crippen LogP contribution in [-0.4, -0.2) is 44.9 Å². The van der Waals surface area contributed by atoms with Gasteiger partial charge < -0.3 is 10.5 Å². The topological polar surface area (TPSA) is 89.7 Å². The van der Waals surface area contributed by atoms with Gasteiger partial charge in [-0.25, -0.2) is 13.2 Å². The molecule has 140 valence electrons. The number of ether oxygens (including phenoxy) is 1. The van der Waals surface area contributed by atoms with Crippen LogP contribution in [0.2, 0.25) is 0 Å². The van der Waals surface area contributed by atoms with Crippen LogP contribution in [0.15, 0.2) is 23.1 Å². The summed E-state index contributed by atoms with van der Waals surface area (Å²) in [5.41, 5.74) is 3.69. The van der Waals surface area contributed by atoms with Crippen LogP contribution >= 0.6 is 0 Å². The van der Waals surface area contributed by atoms with E-state index in [1.54, 1.807) is 6.92 Å². The Bertz CT molecular complexity index is 763. The Labute approximate surface area is 143 Å². The van der Waals surface area contributed by atoms with E-state index in [9.17, 15) is 26.4 Å². The molecule has 2 unspecified atom stereocenters. The summed E-state index contributed by atoms with van der Waals surface area (Å²) in [7, 11) is -3.16. The predicted octanol–water partition coefficient (Wildman–Crippen LogP) is 1.85. The second-order valence-corrected chi connectivity index (χ2v) is 7.91. The third-order valence-corrected chi connectivity index (χ3v) is 6.13. The summed E-state index contributed by atoms with van der Waals surface area (Å²) >= 11 is 0. The number of carbonyl (C=O) groups is 1. The number of nitrogens with zero attached hydrogens (tertiary/aromatic N) is 1. The standard InChI is InChI=1S/C15H19F3N2O4S/c1-9(19)10-5-6-20(8-10)25(22,23)11-3-4-12(14(21)24-2)13(7-11)15(16,17)18/h3-4,7,9-10H,5-6,8,19H2,1-2H3. The molecule has 0 amide bonds. The number of sulfonamides is 1. The number of rotatable bonds is 4. The molecule has 1 aromatic carbocycles. The molecule has 0 aliphatic carbocycles. The molecule has 2 rings (SSSR count). The Hall–Kier alpha value is -1.65. The molecule has 0 saturated carbocycles. The molecule has 0 bridgehead atoms. The van der Waals surface area contributed by atoms with E-state index in [2.05, 4.69) is 4.74 Å². The SMILES string of the molecule is COC(=O)c1ccc(S(=O)(=O)N2CCC(C(C)N)C2)cc1C(F)(F)F. The van der Waals surface area contributed by atoms with Gasteiger partial charge >= 0.3 is 12.1 Å². The van der Waals surface area contributed by atoms with Gasteiger partial charge in [-0.3, -0.25) is 0 Å². The lowest BCUT2D eigenvalue weighted by atomic mass is 10.0. The largest absolute Gasteiger partial charge is 0.465 e. The highest BCUT2D eigenvalue weighted by Crippen LogP contribution is 2.35. The number of benzene rings is 1. The molecule has 1 aliphatic rings. The van der Waals surface area contributed by atoms with Crippen LogP contribution in [0.3, 0.4) is 0 Å². The van der Waals surface area contributed by atoms with E-state index >= 15 is 0 Å². The minimum absolute atomic E-state index is 0.0498. The van der Waals surface area contributed by atoms with Gasteiger partial charge in [0.1, 0.15) is 0 Å². The van der Waals surface area contributed by atoms with Crippen molar-refractivity contribution in [3.8, 4) is 0 Å². The fourth-order valence-corrected chi connectivity index (χ4v) is 4.30. The molecule has 0 radical (unpaired) electrons. The van der Waals surface area contributed by atoms with E-state index in [-0.39, 0.29) is 25.0 Å². The van der Waals surface area contributed by atoms with Gasteiger partial charge in [0.2, 0.25) is 10.0 Å². The molecular weight excluding hydrogens is 361 g/mol. The van der Waals surface area contributed by atoms with Crippen molar-refractivity contribution in [1.82, 2.24) is 4.31 Å². The van der Waals surface area contributed by atoms with E-state index < -0.39 is 38.2 Å². The Kier molecular flexibility index (Phi) is 5.45. The molecule has 0 aromatic heterocycles. The molecule has 0 spiro atoms. The first-order valence-corrected chi connectivity index (χ1v) is 8.97. The van der Waals surface area contributed by atoms with Crippen LogP contribution in [-0.2, 0) is 20.9 Å². The first kappa shape index (κ1) is 19.7. The highest BCUT2D eigenvalue weighted by molar-refractivity contribution is 7.89. The van der Waals surface area contributed by atoms with E-state index in [4.69, 9.17) is 5.73 Å². The van der Waals surface area contributed by atoms with Crippen LogP contribution < -0.4 is 5.73 Å². The van der Waals surface area contributed by atoms with Crippen LogP contribution in [0, 0.1) is 5.92 Å². The molecule has 1 aliphatic heterocycles. The Morgan fingerprint density at radius 1 is 1.40 bits per heavy atom. The van der Waals surface area contributed by atoms with Gasteiger partial charge in [-0.05, 0) is 37.5 Å². The van der Waals surface area contributed by atoms with E-state index in [0.29, 0.717) is 12.5 Å². The van der Waals surface area contributed by atoms with Crippen molar-refractivity contribution in [3.05, 3.63) is 29.3 Å². The lowest BCUT2D eigenvalue weighted by Gasteiger charge is -2.19. The fraction of sp³-hybridized carbons (Fsp3) is 0.533. The van der Waals surface area contributed by atoms with Crippen molar-refractivity contribution >= 4 is 16.0 Å². The number of hydrogen-bond donors (Lipinski definition) is 1. The second-order valence-electron chi connectivity index (χ2n) is 5.97. The number of carbonyl (C=O) groups excluding carboxylic acids is 1. The Morgan fingerprint density at radius 3 is 2.52 bits per heavy atom. The Morgan fingerprint density at radius 2 is 2.04 bits per heavy atom. The van der Waals surface area contributed by atoms with Gasteiger partial charge in [-0.2, -0.15) is 17.5 Å². The monoisotopic (exact) mass is 380 g/mol. The van der Waals surface area contributed by atoms with Crippen molar-refractivity contribution in [2.24, 2.45) is 11.7 Å². The number of hydrogen-bond acceptors (Lipinski definition) is 5. The zero-order valence-electron chi connectivity index (χ0n) is 13.7. The van der Waals surface area contributed by atoms with Gasteiger partial charge in [-0.15, -0.1) is 0 Å². The summed E-state index contributed by atoms with van der Waals surface area (Å²) < 4.78 is 70.4. The molecular formula is C15H19F3N2O4S. The van der Waals surface area contributed by atoms with Crippen molar-refractivity contribution in [1.29, 1.82) is 0 Å². The van der Waals surface area contributed by atoms with Gasteiger partial charge in [0.15, 0.2) is 0 Å². The summed E-state index contributed by atoms with van der Waals surface area (Å²) in [5, 5.41) is 0. The summed E-state index contributed by atoms with van der Waals surface area (Å²) in [4.78, 5) is 11.0. The van der Waals surface area contributed by atoms with Gasteiger partial charge in [-0.1, -0.05) is 0 Å². The van der Waals surface area contributed by atoms with Gasteiger partial charge in [0.05, 0.1) is 23.1 Å². The third-order valence-electron chi connectivity index (χ3n) is 4.27. The molecule has 10 heteroatoms. The van der Waals surface area contributed by atoms with Gasteiger partial charge in [0, 0.05) is 19.1 Å². The Balaban J connectivity index is 2.44. The third kappa shape index (κ3) is 3.96. The van der Waals surface area contributed by atoms with Crippen molar-refractivity contribution in [3.63, 3.8) is 0 Å². The molecule has 2 N–H and O–H groups in total. The normalized spacial score (nSPS) is 20.5. The minimum Gasteiger partial charge on any atom is -0.465 e.